The van der Waals surface area contributed by atoms with Gasteiger partial charge in [-0.3, -0.25) is 9.59 Å². The van der Waals surface area contributed by atoms with Crippen LogP contribution in [0.5, 0.6) is 0 Å². The van der Waals surface area contributed by atoms with Crippen LogP contribution in [0, 0.1) is 0 Å². The number of thioether (sulfide) groups is 1. The van der Waals surface area contributed by atoms with Gasteiger partial charge in [0.2, 0.25) is 11.9 Å². The minimum atomic E-state index is -0.0315. The van der Waals surface area contributed by atoms with Gasteiger partial charge in [0.15, 0.2) is 0 Å². The fourth-order valence-corrected chi connectivity index (χ4v) is 4.63. The minimum absolute atomic E-state index is 0.0315. The number of piperazine rings is 1. The van der Waals surface area contributed by atoms with Crippen molar-refractivity contribution in [1.29, 1.82) is 0 Å². The molecular formula is C26H29N5O3S. The molecule has 2 N–H and O–H groups in total. The number of hydrogen-bond acceptors (Lipinski definition) is 7. The minimum Gasteiger partial charge on any atom is -0.396 e. The Balaban J connectivity index is 1.36. The lowest BCUT2D eigenvalue weighted by Gasteiger charge is -2.34. The standard InChI is InChI=1S/C26H29N5O3S/c1-19(33)30-13-15-31(16-14-30)25(34)21-3-7-22(8-4-21)28-26-27-12-11-24(29-26)20-5-9-23(10-6-20)35-18-2-17-32/h3-12,32H,2,13-18H2,1H3,(H,27,28,29). The number of aliphatic hydroxyl groups excluding tert-OH is 1. The highest BCUT2D eigenvalue weighted by molar-refractivity contribution is 7.99. The van der Waals surface area contributed by atoms with E-state index in [0.29, 0.717) is 37.7 Å². The molecule has 1 fully saturated rings. The number of nitrogens with zero attached hydrogens (tertiary/aromatic N) is 4. The number of aromatic nitrogens is 2. The van der Waals surface area contributed by atoms with Crippen LogP contribution in [0.15, 0.2) is 65.7 Å². The van der Waals surface area contributed by atoms with Gasteiger partial charge in [-0.15, -0.1) is 11.8 Å². The number of amides is 2. The van der Waals surface area contributed by atoms with Gasteiger partial charge in [-0.2, -0.15) is 0 Å². The summed E-state index contributed by atoms with van der Waals surface area (Å²) in [5.41, 5.74) is 3.20. The summed E-state index contributed by atoms with van der Waals surface area (Å²) in [4.78, 5) is 37.9. The zero-order valence-corrected chi connectivity index (χ0v) is 20.5. The Morgan fingerprint density at radius 3 is 2.31 bits per heavy atom. The molecule has 9 heteroatoms. The maximum Gasteiger partial charge on any atom is 0.253 e. The first-order valence-electron chi connectivity index (χ1n) is 11.6. The van der Waals surface area contributed by atoms with Gasteiger partial charge in [0, 0.05) is 73.4 Å². The van der Waals surface area contributed by atoms with Gasteiger partial charge in [0.1, 0.15) is 0 Å². The highest BCUT2D eigenvalue weighted by Crippen LogP contribution is 2.24. The van der Waals surface area contributed by atoms with Gasteiger partial charge < -0.3 is 20.2 Å². The molecule has 0 spiro atoms. The second-order valence-electron chi connectivity index (χ2n) is 8.22. The SMILES string of the molecule is CC(=O)N1CCN(C(=O)c2ccc(Nc3nccc(-c4ccc(SCCCO)cc4)n3)cc2)CC1. The summed E-state index contributed by atoms with van der Waals surface area (Å²) >= 11 is 1.72. The zero-order chi connectivity index (χ0) is 24.6. The molecule has 0 saturated carbocycles. The van der Waals surface area contributed by atoms with E-state index in [2.05, 4.69) is 27.4 Å². The van der Waals surface area contributed by atoms with Crippen LogP contribution in [-0.2, 0) is 4.79 Å². The molecule has 1 aliphatic rings. The van der Waals surface area contributed by atoms with Gasteiger partial charge in [-0.05, 0) is 48.9 Å². The van der Waals surface area contributed by atoms with Crippen molar-refractivity contribution in [3.05, 3.63) is 66.4 Å². The molecule has 2 heterocycles. The van der Waals surface area contributed by atoms with Gasteiger partial charge in [-0.25, -0.2) is 9.97 Å². The van der Waals surface area contributed by atoms with Gasteiger partial charge >= 0.3 is 0 Å². The highest BCUT2D eigenvalue weighted by Gasteiger charge is 2.23. The number of carbonyl (C=O) groups is 2. The normalized spacial score (nSPS) is 13.5. The Hall–Kier alpha value is -3.43. The molecule has 0 unspecified atom stereocenters. The molecule has 3 aromatic rings. The van der Waals surface area contributed by atoms with Crippen molar-refractivity contribution in [3.63, 3.8) is 0 Å². The van der Waals surface area contributed by atoms with Crippen LogP contribution >= 0.6 is 11.8 Å². The summed E-state index contributed by atoms with van der Waals surface area (Å²) in [5, 5.41) is 12.1. The Morgan fingerprint density at radius 1 is 0.971 bits per heavy atom. The summed E-state index contributed by atoms with van der Waals surface area (Å²) in [6, 6.07) is 17.3. The lowest BCUT2D eigenvalue weighted by atomic mass is 10.1. The number of rotatable bonds is 8. The Morgan fingerprint density at radius 2 is 1.66 bits per heavy atom. The first-order chi connectivity index (χ1) is 17.0. The molecule has 0 bridgehead atoms. The van der Waals surface area contributed by atoms with Crippen LogP contribution in [0.25, 0.3) is 11.3 Å². The van der Waals surface area contributed by atoms with Gasteiger partial charge in [0.25, 0.3) is 5.91 Å². The maximum atomic E-state index is 12.8. The van der Waals surface area contributed by atoms with Crippen LogP contribution in [0.4, 0.5) is 11.6 Å². The molecular weight excluding hydrogens is 462 g/mol. The first kappa shape index (κ1) is 24.7. The molecule has 0 radical (unpaired) electrons. The lowest BCUT2D eigenvalue weighted by molar-refractivity contribution is -0.130. The van der Waals surface area contributed by atoms with Crippen molar-refractivity contribution in [1.82, 2.24) is 19.8 Å². The van der Waals surface area contributed by atoms with E-state index in [9.17, 15) is 9.59 Å². The summed E-state index contributed by atoms with van der Waals surface area (Å²) < 4.78 is 0. The van der Waals surface area contributed by atoms with E-state index < -0.39 is 0 Å². The Kier molecular flexibility index (Phi) is 8.33. The molecule has 2 amide bonds. The van der Waals surface area contributed by atoms with Crippen LogP contribution < -0.4 is 5.32 Å². The molecule has 1 aromatic heterocycles. The van der Waals surface area contributed by atoms with E-state index in [1.54, 1.807) is 46.8 Å². The number of carbonyl (C=O) groups excluding carboxylic acids is 2. The monoisotopic (exact) mass is 491 g/mol. The van der Waals surface area contributed by atoms with Crippen molar-refractivity contribution in [2.45, 2.75) is 18.2 Å². The third-order valence-electron chi connectivity index (χ3n) is 5.78. The number of anilines is 2. The van der Waals surface area contributed by atoms with Crippen molar-refractivity contribution < 1.29 is 14.7 Å². The van der Waals surface area contributed by atoms with Crippen molar-refractivity contribution in [2.75, 3.05) is 43.9 Å². The fourth-order valence-electron chi connectivity index (χ4n) is 3.79. The van der Waals surface area contributed by atoms with Crippen LogP contribution in [0.3, 0.4) is 0 Å². The van der Waals surface area contributed by atoms with E-state index in [1.807, 2.05) is 30.3 Å². The molecule has 4 rings (SSSR count). The number of benzene rings is 2. The van der Waals surface area contributed by atoms with E-state index in [0.717, 1.165) is 34.0 Å². The number of aliphatic hydroxyl groups is 1. The van der Waals surface area contributed by atoms with Crippen molar-refractivity contribution >= 4 is 35.2 Å². The summed E-state index contributed by atoms with van der Waals surface area (Å²) in [6.45, 7) is 3.99. The van der Waals surface area contributed by atoms with E-state index in [1.165, 1.54) is 0 Å². The molecule has 0 atom stereocenters. The van der Waals surface area contributed by atoms with Gasteiger partial charge in [-0.1, -0.05) is 12.1 Å². The third-order valence-corrected chi connectivity index (χ3v) is 6.88. The molecule has 2 aromatic carbocycles. The van der Waals surface area contributed by atoms with Crippen molar-refractivity contribution in [2.24, 2.45) is 0 Å². The van der Waals surface area contributed by atoms with Gasteiger partial charge in [0.05, 0.1) is 5.69 Å². The molecule has 182 valence electrons. The zero-order valence-electron chi connectivity index (χ0n) is 19.7. The highest BCUT2D eigenvalue weighted by atomic mass is 32.2. The lowest BCUT2D eigenvalue weighted by Crippen LogP contribution is -2.50. The third kappa shape index (κ3) is 6.58. The predicted molar refractivity (Wildman–Crippen MR) is 138 cm³/mol. The number of hydrogen-bond donors (Lipinski definition) is 2. The van der Waals surface area contributed by atoms with E-state index >= 15 is 0 Å². The summed E-state index contributed by atoms with van der Waals surface area (Å²) in [7, 11) is 0. The number of nitrogens with one attached hydrogen (secondary N) is 1. The van der Waals surface area contributed by atoms with Crippen molar-refractivity contribution in [3.8, 4) is 11.3 Å². The Bertz CT molecular complexity index is 1150. The second kappa shape index (κ2) is 11.8. The first-order valence-corrected chi connectivity index (χ1v) is 12.6. The second-order valence-corrected chi connectivity index (χ2v) is 9.38. The topological polar surface area (TPSA) is 98.7 Å². The summed E-state index contributed by atoms with van der Waals surface area (Å²) in [6.07, 6.45) is 2.49. The smallest absolute Gasteiger partial charge is 0.253 e. The van der Waals surface area contributed by atoms with Crippen LogP contribution in [0.1, 0.15) is 23.7 Å². The van der Waals surface area contributed by atoms with Crippen LogP contribution in [0.2, 0.25) is 0 Å². The fraction of sp³-hybridized carbons (Fsp3) is 0.308. The predicted octanol–water partition coefficient (Wildman–Crippen LogP) is 3.67. The molecule has 8 nitrogen and oxygen atoms in total. The van der Waals surface area contributed by atoms with E-state index in [-0.39, 0.29) is 18.4 Å². The molecule has 1 saturated heterocycles. The average Bonchev–Trinajstić information content (AvgIpc) is 2.89. The van der Waals surface area contributed by atoms with E-state index in [4.69, 9.17) is 5.11 Å². The summed E-state index contributed by atoms with van der Waals surface area (Å²) in [5.74, 6) is 1.38. The maximum absolute atomic E-state index is 12.8. The molecule has 35 heavy (non-hydrogen) atoms. The van der Waals surface area contributed by atoms with Crippen LogP contribution in [-0.4, -0.2) is 75.2 Å². The average molecular weight is 492 g/mol. The largest absolute Gasteiger partial charge is 0.396 e. The quantitative estimate of drug-likeness (QED) is 0.366. The Labute approximate surface area is 209 Å². The molecule has 0 aliphatic carbocycles. The molecule has 1 aliphatic heterocycles.